The van der Waals surface area contributed by atoms with Crippen LogP contribution in [0.4, 0.5) is 10.8 Å². The number of anilines is 2. The summed E-state index contributed by atoms with van der Waals surface area (Å²) in [6.45, 7) is 1.92. The zero-order valence-corrected chi connectivity index (χ0v) is 12.9. The Kier molecular flexibility index (Phi) is 3.72. The number of amides is 1. The van der Waals surface area contributed by atoms with E-state index in [9.17, 15) is 4.79 Å². The maximum atomic E-state index is 12.1. The van der Waals surface area contributed by atoms with E-state index in [2.05, 4.69) is 10.3 Å². The molecule has 3 aromatic rings. The van der Waals surface area contributed by atoms with Gasteiger partial charge in [0, 0.05) is 22.0 Å². The largest absolute Gasteiger partial charge is 0.399 e. The molecule has 0 saturated heterocycles. The number of thiazole rings is 1. The molecule has 0 unspecified atom stereocenters. The van der Waals surface area contributed by atoms with Gasteiger partial charge < -0.3 is 5.73 Å². The fraction of sp³-hybridized carbons (Fsp3) is 0.0667. The lowest BCUT2D eigenvalue weighted by Gasteiger charge is -2.01. The molecule has 0 saturated carbocycles. The predicted molar refractivity (Wildman–Crippen MR) is 89.0 cm³/mol. The van der Waals surface area contributed by atoms with Gasteiger partial charge in [0.15, 0.2) is 5.13 Å². The van der Waals surface area contributed by atoms with Crippen molar-refractivity contribution in [2.24, 2.45) is 0 Å². The SMILES string of the molecule is Cc1cscc1C(=O)Nc1nc(-c2cccc(N)c2)cs1. The molecule has 0 bridgehead atoms. The minimum absolute atomic E-state index is 0.123. The number of benzene rings is 1. The van der Waals surface area contributed by atoms with Crippen LogP contribution in [-0.2, 0) is 0 Å². The van der Waals surface area contributed by atoms with Gasteiger partial charge in [0.2, 0.25) is 0 Å². The number of hydrogen-bond acceptors (Lipinski definition) is 5. The minimum atomic E-state index is -0.123. The summed E-state index contributed by atoms with van der Waals surface area (Å²) in [5.74, 6) is -0.123. The number of nitrogens with zero attached hydrogens (tertiary/aromatic N) is 1. The highest BCUT2D eigenvalue weighted by Crippen LogP contribution is 2.26. The molecule has 0 radical (unpaired) electrons. The molecule has 0 atom stereocenters. The first kappa shape index (κ1) is 13.8. The van der Waals surface area contributed by atoms with Gasteiger partial charge in [-0.05, 0) is 30.0 Å². The third kappa shape index (κ3) is 2.96. The molecule has 0 aliphatic heterocycles. The fourth-order valence-electron chi connectivity index (χ4n) is 1.92. The standard InChI is InChI=1S/C15H13N3OS2/c1-9-6-20-7-12(9)14(19)18-15-17-13(8-21-15)10-3-2-4-11(16)5-10/h2-8H,16H2,1H3,(H,17,18,19). The zero-order chi connectivity index (χ0) is 14.8. The van der Waals surface area contributed by atoms with Crippen LogP contribution in [0.5, 0.6) is 0 Å². The van der Waals surface area contributed by atoms with E-state index in [0.717, 1.165) is 16.8 Å². The van der Waals surface area contributed by atoms with E-state index in [4.69, 9.17) is 5.73 Å². The van der Waals surface area contributed by atoms with Crippen LogP contribution < -0.4 is 11.1 Å². The third-order valence-corrected chi connectivity index (χ3v) is 4.63. The van der Waals surface area contributed by atoms with Gasteiger partial charge in [-0.3, -0.25) is 10.1 Å². The molecule has 6 heteroatoms. The highest BCUT2D eigenvalue weighted by Gasteiger charge is 2.12. The quantitative estimate of drug-likeness (QED) is 0.717. The summed E-state index contributed by atoms with van der Waals surface area (Å²) >= 11 is 2.92. The number of nitrogens with one attached hydrogen (secondary N) is 1. The molecule has 0 aliphatic rings. The lowest BCUT2D eigenvalue weighted by Crippen LogP contribution is -2.11. The normalized spacial score (nSPS) is 10.5. The van der Waals surface area contributed by atoms with Crippen LogP contribution in [-0.4, -0.2) is 10.9 Å². The average Bonchev–Trinajstić information content (AvgIpc) is 3.08. The summed E-state index contributed by atoms with van der Waals surface area (Å²) in [5, 5.41) is 9.13. The van der Waals surface area contributed by atoms with Gasteiger partial charge in [0.1, 0.15) is 0 Å². The van der Waals surface area contributed by atoms with Crippen LogP contribution in [0.1, 0.15) is 15.9 Å². The van der Waals surface area contributed by atoms with Crippen molar-refractivity contribution < 1.29 is 4.79 Å². The van der Waals surface area contributed by atoms with Crippen molar-refractivity contribution in [2.75, 3.05) is 11.1 Å². The van der Waals surface area contributed by atoms with Gasteiger partial charge in [-0.1, -0.05) is 12.1 Å². The van der Waals surface area contributed by atoms with Crippen LogP contribution in [0.2, 0.25) is 0 Å². The first-order valence-corrected chi connectivity index (χ1v) is 8.11. The minimum Gasteiger partial charge on any atom is -0.399 e. The summed E-state index contributed by atoms with van der Waals surface area (Å²) in [7, 11) is 0. The van der Waals surface area contributed by atoms with Crippen LogP contribution in [0.3, 0.4) is 0 Å². The van der Waals surface area contributed by atoms with Crippen molar-refractivity contribution in [1.29, 1.82) is 0 Å². The molecular formula is C15H13N3OS2. The lowest BCUT2D eigenvalue weighted by atomic mass is 10.1. The predicted octanol–water partition coefficient (Wildman–Crippen LogP) is 4.01. The first-order valence-electron chi connectivity index (χ1n) is 6.29. The lowest BCUT2D eigenvalue weighted by molar-refractivity contribution is 0.102. The summed E-state index contributed by atoms with van der Waals surface area (Å²) in [4.78, 5) is 16.6. The van der Waals surface area contributed by atoms with Gasteiger partial charge in [-0.25, -0.2) is 4.98 Å². The molecule has 1 amide bonds. The number of nitrogen functional groups attached to an aromatic ring is 1. The highest BCUT2D eigenvalue weighted by atomic mass is 32.1. The Balaban J connectivity index is 1.80. The molecule has 0 spiro atoms. The van der Waals surface area contributed by atoms with Crippen LogP contribution in [0, 0.1) is 6.92 Å². The molecule has 2 aromatic heterocycles. The Bertz CT molecular complexity index is 792. The van der Waals surface area contributed by atoms with Gasteiger partial charge in [0.05, 0.1) is 11.3 Å². The van der Waals surface area contributed by atoms with Crippen molar-refractivity contribution in [3.8, 4) is 11.3 Å². The zero-order valence-electron chi connectivity index (χ0n) is 11.3. The fourth-order valence-corrected chi connectivity index (χ4v) is 3.46. The molecular weight excluding hydrogens is 302 g/mol. The van der Waals surface area contributed by atoms with E-state index < -0.39 is 0 Å². The Morgan fingerprint density at radius 3 is 2.86 bits per heavy atom. The number of rotatable bonds is 3. The molecule has 3 rings (SSSR count). The molecule has 2 heterocycles. The third-order valence-electron chi connectivity index (χ3n) is 3.01. The Morgan fingerprint density at radius 1 is 1.29 bits per heavy atom. The smallest absolute Gasteiger partial charge is 0.258 e. The van der Waals surface area contributed by atoms with E-state index in [-0.39, 0.29) is 5.91 Å². The van der Waals surface area contributed by atoms with E-state index in [0.29, 0.717) is 16.4 Å². The van der Waals surface area contributed by atoms with E-state index >= 15 is 0 Å². The molecule has 3 N–H and O–H groups in total. The Morgan fingerprint density at radius 2 is 2.14 bits per heavy atom. The molecule has 106 valence electrons. The van der Waals surface area contributed by atoms with Gasteiger partial charge >= 0.3 is 0 Å². The monoisotopic (exact) mass is 315 g/mol. The second-order valence-electron chi connectivity index (χ2n) is 4.59. The summed E-state index contributed by atoms with van der Waals surface area (Å²) in [5.41, 5.74) is 9.89. The first-order chi connectivity index (χ1) is 10.1. The molecule has 1 aromatic carbocycles. The number of nitrogens with two attached hydrogens (primary N) is 1. The van der Waals surface area contributed by atoms with E-state index in [1.165, 1.54) is 22.7 Å². The van der Waals surface area contributed by atoms with Crippen LogP contribution >= 0.6 is 22.7 Å². The highest BCUT2D eigenvalue weighted by molar-refractivity contribution is 7.14. The Labute approximate surface area is 130 Å². The summed E-state index contributed by atoms with van der Waals surface area (Å²) in [6, 6.07) is 7.53. The van der Waals surface area contributed by atoms with E-state index in [1.54, 1.807) is 0 Å². The topological polar surface area (TPSA) is 68.0 Å². The molecule has 21 heavy (non-hydrogen) atoms. The van der Waals surface area contributed by atoms with Crippen LogP contribution in [0.15, 0.2) is 40.4 Å². The average molecular weight is 315 g/mol. The number of thiophene rings is 1. The van der Waals surface area contributed by atoms with E-state index in [1.807, 2.05) is 47.3 Å². The summed E-state index contributed by atoms with van der Waals surface area (Å²) < 4.78 is 0. The maximum Gasteiger partial charge on any atom is 0.258 e. The van der Waals surface area contributed by atoms with Crippen molar-refractivity contribution in [1.82, 2.24) is 4.98 Å². The number of carbonyl (C=O) groups is 1. The second kappa shape index (κ2) is 5.67. The van der Waals surface area contributed by atoms with Gasteiger partial charge in [-0.15, -0.1) is 11.3 Å². The maximum absolute atomic E-state index is 12.1. The molecule has 4 nitrogen and oxygen atoms in total. The number of carbonyl (C=O) groups excluding carboxylic acids is 1. The second-order valence-corrected chi connectivity index (χ2v) is 6.19. The van der Waals surface area contributed by atoms with Crippen molar-refractivity contribution >= 4 is 39.4 Å². The van der Waals surface area contributed by atoms with Crippen molar-refractivity contribution in [2.45, 2.75) is 6.92 Å². The molecule has 0 aliphatic carbocycles. The van der Waals surface area contributed by atoms with Crippen LogP contribution in [0.25, 0.3) is 11.3 Å². The number of hydrogen-bond donors (Lipinski definition) is 2. The van der Waals surface area contributed by atoms with Gasteiger partial charge in [-0.2, -0.15) is 11.3 Å². The van der Waals surface area contributed by atoms with Crippen molar-refractivity contribution in [3.63, 3.8) is 0 Å². The van der Waals surface area contributed by atoms with Gasteiger partial charge in [0.25, 0.3) is 5.91 Å². The number of aryl methyl sites for hydroxylation is 1. The number of aromatic nitrogens is 1. The molecule has 0 fully saturated rings. The summed E-state index contributed by atoms with van der Waals surface area (Å²) in [6.07, 6.45) is 0. The van der Waals surface area contributed by atoms with Crippen molar-refractivity contribution in [3.05, 3.63) is 51.5 Å². The Hall–Kier alpha value is -2.18.